The van der Waals surface area contributed by atoms with Crippen LogP contribution in [0.5, 0.6) is 0 Å². The molecule has 0 amide bonds. The smallest absolute Gasteiger partial charge is 0.358 e. The van der Waals surface area contributed by atoms with E-state index < -0.39 is 5.97 Å². The van der Waals surface area contributed by atoms with Gasteiger partial charge >= 0.3 is 5.97 Å². The van der Waals surface area contributed by atoms with Crippen molar-refractivity contribution in [2.45, 2.75) is 0 Å². The number of hydrogen-bond acceptors (Lipinski definition) is 5. The van der Waals surface area contributed by atoms with Gasteiger partial charge in [0.1, 0.15) is 6.33 Å². The second-order valence-corrected chi connectivity index (χ2v) is 2.75. The van der Waals surface area contributed by atoms with Crippen LogP contribution < -0.4 is 5.73 Å². The van der Waals surface area contributed by atoms with Crippen molar-refractivity contribution >= 4 is 11.7 Å². The molecule has 3 N–H and O–H groups in total. The maximum atomic E-state index is 10.7. The number of nitrogen functional groups attached to an aromatic ring is 1. The lowest BCUT2D eigenvalue weighted by Crippen LogP contribution is -2.03. The quantitative estimate of drug-likeness (QED) is 0.711. The second-order valence-electron chi connectivity index (χ2n) is 2.75. The van der Waals surface area contributed by atoms with E-state index in [-0.39, 0.29) is 11.4 Å². The third-order valence-corrected chi connectivity index (χ3v) is 1.75. The van der Waals surface area contributed by atoms with E-state index in [1.165, 1.54) is 23.4 Å². The number of carbonyl (C=O) groups is 1. The van der Waals surface area contributed by atoms with Crippen molar-refractivity contribution < 1.29 is 9.90 Å². The zero-order chi connectivity index (χ0) is 10.8. The molecule has 0 bridgehead atoms. The topological polar surface area (TPSA) is 107 Å². The number of nitrogens with two attached hydrogens (primary N) is 1. The lowest BCUT2D eigenvalue weighted by molar-refractivity contribution is 0.0691. The standard InChI is InChI=1S/C8H7N5O2/c9-5-3-13(12-7(5)8(14)15)6-1-2-10-4-11-6/h1-4H,9H2,(H,14,15). The summed E-state index contributed by atoms with van der Waals surface area (Å²) in [6.07, 6.45) is 4.26. The molecule has 0 atom stereocenters. The van der Waals surface area contributed by atoms with E-state index in [1.54, 1.807) is 6.07 Å². The molecule has 0 aliphatic heterocycles. The Morgan fingerprint density at radius 3 is 2.87 bits per heavy atom. The molecule has 0 fully saturated rings. The van der Waals surface area contributed by atoms with E-state index in [9.17, 15) is 4.79 Å². The molecule has 0 unspecified atom stereocenters. The molecule has 2 heterocycles. The number of carboxylic acids is 1. The highest BCUT2D eigenvalue weighted by Crippen LogP contribution is 2.11. The Bertz CT molecular complexity index is 493. The molecule has 15 heavy (non-hydrogen) atoms. The lowest BCUT2D eigenvalue weighted by Gasteiger charge is -1.96. The number of rotatable bonds is 2. The first-order valence-corrected chi connectivity index (χ1v) is 4.03. The average molecular weight is 205 g/mol. The maximum Gasteiger partial charge on any atom is 0.358 e. The summed E-state index contributed by atoms with van der Waals surface area (Å²) < 4.78 is 1.29. The summed E-state index contributed by atoms with van der Waals surface area (Å²) >= 11 is 0. The van der Waals surface area contributed by atoms with Gasteiger partial charge in [-0.15, -0.1) is 0 Å². The zero-order valence-corrected chi connectivity index (χ0v) is 7.53. The summed E-state index contributed by atoms with van der Waals surface area (Å²) in [5.74, 6) is -0.704. The fourth-order valence-corrected chi connectivity index (χ4v) is 1.09. The maximum absolute atomic E-state index is 10.7. The number of hydrogen-bond donors (Lipinski definition) is 2. The molecule has 0 aliphatic carbocycles. The van der Waals surface area contributed by atoms with Crippen molar-refractivity contribution in [3.8, 4) is 5.82 Å². The van der Waals surface area contributed by atoms with E-state index in [4.69, 9.17) is 10.8 Å². The number of aromatic nitrogens is 4. The van der Waals surface area contributed by atoms with Crippen LogP contribution in [-0.4, -0.2) is 30.8 Å². The number of carboxylic acid groups (broad SMARTS) is 1. The van der Waals surface area contributed by atoms with Gasteiger partial charge in [-0.2, -0.15) is 5.10 Å². The van der Waals surface area contributed by atoms with Gasteiger partial charge in [0, 0.05) is 12.3 Å². The van der Waals surface area contributed by atoms with Gasteiger partial charge in [0.05, 0.1) is 11.9 Å². The lowest BCUT2D eigenvalue weighted by atomic mass is 10.4. The highest BCUT2D eigenvalue weighted by Gasteiger charge is 2.13. The van der Waals surface area contributed by atoms with Crippen LogP contribution in [-0.2, 0) is 0 Å². The molecule has 0 radical (unpaired) electrons. The van der Waals surface area contributed by atoms with Crippen molar-refractivity contribution in [2.75, 3.05) is 5.73 Å². The van der Waals surface area contributed by atoms with Crippen LogP contribution >= 0.6 is 0 Å². The molecule has 2 aromatic rings. The van der Waals surface area contributed by atoms with E-state index in [1.807, 2.05) is 0 Å². The Hall–Kier alpha value is -2.44. The minimum Gasteiger partial charge on any atom is -0.476 e. The van der Waals surface area contributed by atoms with Crippen LogP contribution in [0.4, 0.5) is 5.69 Å². The molecule has 0 aliphatic rings. The Labute approximate surface area is 84.2 Å². The summed E-state index contributed by atoms with van der Waals surface area (Å²) in [5.41, 5.74) is 5.38. The van der Waals surface area contributed by atoms with Crippen molar-refractivity contribution in [1.82, 2.24) is 19.7 Å². The molecule has 76 valence electrons. The summed E-state index contributed by atoms with van der Waals surface area (Å²) in [6.45, 7) is 0. The first-order valence-electron chi connectivity index (χ1n) is 4.03. The normalized spacial score (nSPS) is 10.1. The highest BCUT2D eigenvalue weighted by molar-refractivity contribution is 5.91. The molecular formula is C8H7N5O2. The largest absolute Gasteiger partial charge is 0.476 e. The molecule has 2 aromatic heterocycles. The molecule has 7 heteroatoms. The van der Waals surface area contributed by atoms with Gasteiger partial charge in [0.25, 0.3) is 0 Å². The predicted molar refractivity (Wildman–Crippen MR) is 50.5 cm³/mol. The zero-order valence-electron chi connectivity index (χ0n) is 7.53. The van der Waals surface area contributed by atoms with Crippen molar-refractivity contribution in [3.05, 3.63) is 30.5 Å². The highest BCUT2D eigenvalue weighted by atomic mass is 16.4. The van der Waals surface area contributed by atoms with Gasteiger partial charge in [0.2, 0.25) is 0 Å². The van der Waals surface area contributed by atoms with Gasteiger partial charge in [-0.3, -0.25) is 0 Å². The first kappa shape index (κ1) is 9.13. The summed E-state index contributed by atoms with van der Waals surface area (Å²) in [6, 6.07) is 1.60. The van der Waals surface area contributed by atoms with Gasteiger partial charge < -0.3 is 10.8 Å². The number of nitrogens with zero attached hydrogens (tertiary/aromatic N) is 4. The van der Waals surface area contributed by atoms with E-state index >= 15 is 0 Å². The van der Waals surface area contributed by atoms with Gasteiger partial charge in [0.15, 0.2) is 11.5 Å². The van der Waals surface area contributed by atoms with E-state index in [0.29, 0.717) is 5.82 Å². The number of aromatic carboxylic acids is 1. The van der Waals surface area contributed by atoms with Crippen LogP contribution in [0, 0.1) is 0 Å². The molecule has 2 rings (SSSR count). The van der Waals surface area contributed by atoms with Crippen molar-refractivity contribution in [3.63, 3.8) is 0 Å². The molecule has 0 saturated heterocycles. The summed E-state index contributed by atoms with van der Waals surface area (Å²) in [4.78, 5) is 18.3. The fraction of sp³-hybridized carbons (Fsp3) is 0. The first-order chi connectivity index (χ1) is 7.18. The SMILES string of the molecule is Nc1cn(-c2ccncn2)nc1C(=O)O. The van der Waals surface area contributed by atoms with Crippen LogP contribution in [0.15, 0.2) is 24.8 Å². The molecule has 7 nitrogen and oxygen atoms in total. The molecule has 0 aromatic carbocycles. The summed E-state index contributed by atoms with van der Waals surface area (Å²) in [5, 5.41) is 12.5. The third-order valence-electron chi connectivity index (χ3n) is 1.75. The fourth-order valence-electron chi connectivity index (χ4n) is 1.09. The Kier molecular flexibility index (Phi) is 2.05. The third kappa shape index (κ3) is 1.62. The summed E-state index contributed by atoms with van der Waals surface area (Å²) in [7, 11) is 0. The minimum absolute atomic E-state index is 0.0983. The average Bonchev–Trinajstić information content (AvgIpc) is 2.62. The van der Waals surface area contributed by atoms with Crippen LogP contribution in [0.25, 0.3) is 5.82 Å². The molecule has 0 saturated carbocycles. The monoisotopic (exact) mass is 205 g/mol. The Balaban J connectivity index is 2.48. The molecular weight excluding hydrogens is 198 g/mol. The second kappa shape index (κ2) is 3.37. The predicted octanol–water partition coefficient (Wildman–Crippen LogP) is -0.0573. The Morgan fingerprint density at radius 2 is 2.33 bits per heavy atom. The van der Waals surface area contributed by atoms with E-state index in [2.05, 4.69) is 15.1 Å². The van der Waals surface area contributed by atoms with Gasteiger partial charge in [-0.1, -0.05) is 0 Å². The van der Waals surface area contributed by atoms with Crippen LogP contribution in [0.2, 0.25) is 0 Å². The van der Waals surface area contributed by atoms with Crippen molar-refractivity contribution in [2.24, 2.45) is 0 Å². The molecule has 0 spiro atoms. The van der Waals surface area contributed by atoms with Gasteiger partial charge in [-0.25, -0.2) is 19.4 Å². The van der Waals surface area contributed by atoms with Gasteiger partial charge in [-0.05, 0) is 0 Å². The Morgan fingerprint density at radius 1 is 1.53 bits per heavy atom. The van der Waals surface area contributed by atoms with Crippen molar-refractivity contribution in [1.29, 1.82) is 0 Å². The van der Waals surface area contributed by atoms with E-state index in [0.717, 1.165) is 0 Å². The minimum atomic E-state index is -1.17. The van der Waals surface area contributed by atoms with Crippen LogP contribution in [0.1, 0.15) is 10.5 Å². The van der Waals surface area contributed by atoms with Crippen LogP contribution in [0.3, 0.4) is 0 Å². The number of anilines is 1.